The van der Waals surface area contributed by atoms with Crippen molar-refractivity contribution in [1.82, 2.24) is 0 Å². The number of benzene rings is 10. The van der Waals surface area contributed by atoms with Crippen molar-refractivity contribution in [2.24, 2.45) is 0 Å². The first-order valence-electron chi connectivity index (χ1n) is 42.5. The van der Waals surface area contributed by atoms with Gasteiger partial charge in [0, 0.05) is 94.1 Å². The Hall–Kier alpha value is -9.24. The second kappa shape index (κ2) is 49.3. The summed E-state index contributed by atoms with van der Waals surface area (Å²) in [6.07, 6.45) is 2.69. The molecule has 0 N–H and O–H groups in total. The van der Waals surface area contributed by atoms with E-state index in [9.17, 15) is 0 Å². The second-order valence-corrected chi connectivity index (χ2v) is 30.1. The Labute approximate surface area is 721 Å². The lowest BCUT2D eigenvalue weighted by molar-refractivity contribution is 0.0490. The van der Waals surface area contributed by atoms with Gasteiger partial charge in [-0.05, 0) is 257 Å². The van der Waals surface area contributed by atoms with Gasteiger partial charge in [-0.15, -0.1) is 0 Å². The monoisotopic (exact) mass is 1670 g/mol. The third-order valence-corrected chi connectivity index (χ3v) is 22.5. The first kappa shape index (κ1) is 92.0. The molecule has 0 unspecified atom stereocenters. The third kappa shape index (κ3) is 25.1. The van der Waals surface area contributed by atoms with Crippen LogP contribution in [0, 0.1) is 0 Å². The standard InChI is InChI=1S/C102H122O20/c1-103-41-49-111-37-33-101(34-38-112-50-42-104-2)97-71-79(17-29-93(97)95-31-19-81(73-99(95)101)87-67-83(75-9-21-89(22-10-75)119-61-57-115-53-45-107-5)65-84(68-87)76-11-23-90(24-12-76)120-62-58-116-54-46-108-6)80-18-30-94-96-32-20-82(74-100(96)102(98(94)72-80,35-39-113-51-43-105-3)36-40-114-52-44-106-4)88-69-85(77-13-25-91(26-14-77)121-63-59-117-55-47-109-7)66-86(70-88)78-15-27-92(28-16-78)122-64-60-118-56-48-110-8/h9-32,65-74H,33-64H2,1-8H3. The van der Waals surface area contributed by atoms with E-state index in [0.717, 1.165) is 101 Å². The van der Waals surface area contributed by atoms with Crippen LogP contribution in [0.4, 0.5) is 0 Å². The largest absolute Gasteiger partial charge is 0.491 e. The summed E-state index contributed by atoms with van der Waals surface area (Å²) < 4.78 is 117. The van der Waals surface area contributed by atoms with E-state index in [-0.39, 0.29) is 0 Å². The van der Waals surface area contributed by atoms with E-state index in [4.69, 9.17) is 94.7 Å². The SMILES string of the molecule is COCCOCCOc1ccc(-c2cc(-c3ccc(OCCOCCOC)cc3)cc(-c3ccc4c(c3)C(CCOCCOC)(CCOCCOC)c3cc(-c5ccc6c(c5)C(CCOCCOC)(CCOCCOC)c5cc(-c7cc(-c8ccc(OCCOCCOC)cc8)cc(-c8ccc(OCCOCCOC)cc8)c7)ccc5-6)ccc3-4)c2)cc1. The molecule has 20 heteroatoms. The van der Waals surface area contributed by atoms with Crippen LogP contribution in [0.3, 0.4) is 0 Å². The maximum absolute atomic E-state index is 6.57. The highest BCUT2D eigenvalue weighted by Crippen LogP contribution is 2.58. The van der Waals surface area contributed by atoms with Crippen molar-refractivity contribution in [1.29, 1.82) is 0 Å². The molecule has 0 saturated carbocycles. The summed E-state index contributed by atoms with van der Waals surface area (Å²) in [5, 5.41) is 0. The zero-order valence-electron chi connectivity index (χ0n) is 72.4. The van der Waals surface area contributed by atoms with Gasteiger partial charge >= 0.3 is 0 Å². The molecule has 0 amide bonds. The van der Waals surface area contributed by atoms with Gasteiger partial charge in [-0.1, -0.05) is 97.1 Å². The van der Waals surface area contributed by atoms with Crippen molar-refractivity contribution < 1.29 is 94.7 Å². The summed E-state index contributed by atoms with van der Waals surface area (Å²) in [4.78, 5) is 0. The summed E-state index contributed by atoms with van der Waals surface area (Å²) >= 11 is 0. The minimum absolute atomic E-state index is 0.421. The van der Waals surface area contributed by atoms with Crippen molar-refractivity contribution in [3.8, 4) is 123 Å². The molecule has 20 nitrogen and oxygen atoms in total. The van der Waals surface area contributed by atoms with Crippen LogP contribution in [0.25, 0.3) is 100 Å². The Bertz CT molecular complexity index is 4280. The highest BCUT2D eigenvalue weighted by molar-refractivity contribution is 5.91. The summed E-state index contributed by atoms with van der Waals surface area (Å²) in [5.74, 6) is 3.05. The predicted octanol–water partition coefficient (Wildman–Crippen LogP) is 18.3. The number of hydrogen-bond acceptors (Lipinski definition) is 20. The molecule has 10 aromatic carbocycles. The lowest BCUT2D eigenvalue weighted by Crippen LogP contribution is -2.30. The van der Waals surface area contributed by atoms with Gasteiger partial charge in [0.1, 0.15) is 49.4 Å². The Morgan fingerprint density at radius 1 is 0.156 bits per heavy atom. The molecule has 2 aliphatic carbocycles. The minimum Gasteiger partial charge on any atom is -0.491 e. The maximum Gasteiger partial charge on any atom is 0.119 e. The van der Waals surface area contributed by atoms with Gasteiger partial charge in [0.2, 0.25) is 0 Å². The summed E-state index contributed by atoms with van der Waals surface area (Å²) in [7, 11) is 13.5. The minimum atomic E-state index is -0.578. The van der Waals surface area contributed by atoms with Crippen molar-refractivity contribution in [2.45, 2.75) is 36.5 Å². The topological polar surface area (TPSA) is 185 Å². The number of ether oxygens (including phenoxy) is 20. The van der Waals surface area contributed by atoms with E-state index in [2.05, 4.69) is 158 Å². The first-order chi connectivity index (χ1) is 60.2. The summed E-state index contributed by atoms with van der Waals surface area (Å²) in [6.45, 7) is 13.3. The molecule has 0 bridgehead atoms. The third-order valence-electron chi connectivity index (χ3n) is 22.5. The highest BCUT2D eigenvalue weighted by Gasteiger charge is 2.46. The summed E-state index contributed by atoms with van der Waals surface area (Å²) in [5.41, 5.74) is 23.3. The fraction of sp³-hybridized carbons (Fsp3) is 0.412. The van der Waals surface area contributed by atoms with Crippen LogP contribution < -0.4 is 18.9 Å². The molecule has 0 spiro atoms. The number of fused-ring (bicyclic) bond motifs is 6. The van der Waals surface area contributed by atoms with E-state index in [0.29, 0.717) is 211 Å². The summed E-state index contributed by atoms with van der Waals surface area (Å²) in [6, 6.07) is 75.3. The smallest absolute Gasteiger partial charge is 0.119 e. The molecule has 12 rings (SSSR count). The van der Waals surface area contributed by atoms with Crippen LogP contribution in [0.5, 0.6) is 23.0 Å². The second-order valence-electron chi connectivity index (χ2n) is 30.1. The molecule has 122 heavy (non-hydrogen) atoms. The van der Waals surface area contributed by atoms with Gasteiger partial charge in [-0.3, -0.25) is 0 Å². The van der Waals surface area contributed by atoms with Gasteiger partial charge in [0.25, 0.3) is 0 Å². The lowest BCUT2D eigenvalue weighted by atomic mass is 9.71. The molecule has 0 saturated heterocycles. The number of methoxy groups -OCH3 is 8. The molecule has 0 heterocycles. The Balaban J connectivity index is 0.944. The van der Waals surface area contributed by atoms with Crippen molar-refractivity contribution in [2.75, 3.05) is 242 Å². The molecule has 0 fully saturated rings. The van der Waals surface area contributed by atoms with Crippen LogP contribution in [-0.2, 0) is 86.6 Å². The van der Waals surface area contributed by atoms with E-state index in [1.54, 1.807) is 56.9 Å². The van der Waals surface area contributed by atoms with Crippen LogP contribution in [-0.4, -0.2) is 242 Å². The molecule has 650 valence electrons. The van der Waals surface area contributed by atoms with Crippen LogP contribution >= 0.6 is 0 Å². The van der Waals surface area contributed by atoms with Crippen molar-refractivity contribution in [3.05, 3.63) is 229 Å². The van der Waals surface area contributed by atoms with Crippen LogP contribution in [0.15, 0.2) is 206 Å². The Morgan fingerprint density at radius 2 is 0.320 bits per heavy atom. The van der Waals surface area contributed by atoms with Gasteiger partial charge in [-0.25, -0.2) is 0 Å². The Kier molecular flexibility index (Phi) is 37.2. The molecule has 0 aromatic heterocycles. The quantitative estimate of drug-likeness (QED) is 0.0328. The highest BCUT2D eigenvalue weighted by atomic mass is 16.6. The van der Waals surface area contributed by atoms with Crippen molar-refractivity contribution >= 4 is 0 Å². The van der Waals surface area contributed by atoms with Crippen LogP contribution in [0.1, 0.15) is 47.9 Å². The number of hydrogen-bond donors (Lipinski definition) is 0. The van der Waals surface area contributed by atoms with E-state index in [1.165, 1.54) is 44.5 Å². The zero-order valence-corrected chi connectivity index (χ0v) is 72.4. The zero-order chi connectivity index (χ0) is 84.8. The molecular formula is C102H122O20. The van der Waals surface area contributed by atoms with Gasteiger partial charge in [0.05, 0.1) is 132 Å². The average molecular weight is 1670 g/mol. The van der Waals surface area contributed by atoms with Gasteiger partial charge < -0.3 is 94.7 Å². The molecular weight excluding hydrogens is 1550 g/mol. The molecule has 2 aliphatic rings. The fourth-order valence-electron chi connectivity index (χ4n) is 16.1. The molecule has 0 radical (unpaired) electrons. The molecule has 0 aliphatic heterocycles. The van der Waals surface area contributed by atoms with Gasteiger partial charge in [0.15, 0.2) is 0 Å². The number of rotatable bonds is 59. The lowest BCUT2D eigenvalue weighted by Gasteiger charge is -2.33. The maximum atomic E-state index is 6.57. The fourth-order valence-corrected chi connectivity index (χ4v) is 16.1. The first-order valence-corrected chi connectivity index (χ1v) is 42.5. The average Bonchev–Trinajstić information content (AvgIpc) is 1.56. The molecule has 0 atom stereocenters. The van der Waals surface area contributed by atoms with Gasteiger partial charge in [-0.2, -0.15) is 0 Å². The Morgan fingerprint density at radius 3 is 0.516 bits per heavy atom. The predicted molar refractivity (Wildman–Crippen MR) is 479 cm³/mol. The van der Waals surface area contributed by atoms with Crippen LogP contribution in [0.2, 0.25) is 0 Å². The van der Waals surface area contributed by atoms with E-state index in [1.807, 2.05) is 48.5 Å². The van der Waals surface area contributed by atoms with E-state index < -0.39 is 10.8 Å². The van der Waals surface area contributed by atoms with E-state index >= 15 is 0 Å². The molecule has 10 aromatic rings. The van der Waals surface area contributed by atoms with Crippen molar-refractivity contribution in [3.63, 3.8) is 0 Å². The normalized spacial score (nSPS) is 12.8.